The molecule has 1 saturated carbocycles. The topological polar surface area (TPSA) is 75.1 Å². The summed E-state index contributed by atoms with van der Waals surface area (Å²) in [5.41, 5.74) is 0.240. The Morgan fingerprint density at radius 1 is 1.47 bits per heavy atom. The molecule has 6 nitrogen and oxygen atoms in total. The maximum atomic E-state index is 11.4. The maximum Gasteiger partial charge on any atom is 0.364 e. The van der Waals surface area contributed by atoms with E-state index in [9.17, 15) is 4.79 Å². The Bertz CT molecular complexity index is 587. The van der Waals surface area contributed by atoms with Gasteiger partial charge in [0.1, 0.15) is 5.82 Å². The molecule has 3 rings (SSSR count). The third-order valence-electron chi connectivity index (χ3n) is 3.32. The van der Waals surface area contributed by atoms with E-state index in [4.69, 9.17) is 0 Å². The number of hydrogen-bond acceptors (Lipinski definition) is 4. The summed E-state index contributed by atoms with van der Waals surface area (Å²) in [7, 11) is 0. The van der Waals surface area contributed by atoms with E-state index in [-0.39, 0.29) is 5.69 Å². The summed E-state index contributed by atoms with van der Waals surface area (Å²) in [5.74, 6) is 1.51. The lowest BCUT2D eigenvalue weighted by atomic mass is 10.1. The van der Waals surface area contributed by atoms with E-state index in [2.05, 4.69) is 27.5 Å². The molecule has 0 spiro atoms. The second-order valence-corrected chi connectivity index (χ2v) is 4.78. The highest BCUT2D eigenvalue weighted by Crippen LogP contribution is 2.26. The fourth-order valence-electron chi connectivity index (χ4n) is 2.43. The van der Waals surface area contributed by atoms with Gasteiger partial charge in [-0.1, -0.05) is 6.92 Å². The minimum absolute atomic E-state index is 0.302. The van der Waals surface area contributed by atoms with Crippen molar-refractivity contribution in [1.82, 2.24) is 19.8 Å². The lowest BCUT2D eigenvalue weighted by Crippen LogP contribution is -2.19. The van der Waals surface area contributed by atoms with Gasteiger partial charge in [-0.2, -0.15) is 9.61 Å². The first-order chi connectivity index (χ1) is 8.22. The van der Waals surface area contributed by atoms with Crippen LogP contribution >= 0.6 is 0 Å². The quantitative estimate of drug-likeness (QED) is 0.812. The Balaban J connectivity index is 1.85. The summed E-state index contributed by atoms with van der Waals surface area (Å²) in [6, 6.07) is 4.11. The molecular formula is C11H15N5O. The van der Waals surface area contributed by atoms with Crippen molar-refractivity contribution in [3.05, 3.63) is 22.6 Å². The predicted molar refractivity (Wildman–Crippen MR) is 64.0 cm³/mol. The van der Waals surface area contributed by atoms with Gasteiger partial charge in [0, 0.05) is 6.04 Å². The van der Waals surface area contributed by atoms with Gasteiger partial charge in [-0.05, 0) is 37.3 Å². The van der Waals surface area contributed by atoms with E-state index in [1.54, 1.807) is 6.07 Å². The molecule has 0 aliphatic heterocycles. The van der Waals surface area contributed by atoms with Gasteiger partial charge in [0.15, 0.2) is 5.65 Å². The summed E-state index contributed by atoms with van der Waals surface area (Å²) in [5, 5.41) is 13.8. The first-order valence-corrected chi connectivity index (χ1v) is 5.93. The molecule has 0 saturated heterocycles. The zero-order valence-corrected chi connectivity index (χ0v) is 9.68. The molecule has 0 amide bonds. The van der Waals surface area contributed by atoms with Crippen LogP contribution in [0.4, 0.5) is 5.82 Å². The van der Waals surface area contributed by atoms with Crippen LogP contribution in [0.2, 0.25) is 0 Å². The van der Waals surface area contributed by atoms with Gasteiger partial charge in [-0.3, -0.25) is 0 Å². The lowest BCUT2D eigenvalue weighted by Gasteiger charge is -2.12. The van der Waals surface area contributed by atoms with Crippen LogP contribution in [-0.4, -0.2) is 25.9 Å². The zero-order valence-electron chi connectivity index (χ0n) is 9.68. The van der Waals surface area contributed by atoms with Crippen LogP contribution in [-0.2, 0) is 0 Å². The average Bonchev–Trinajstić information content (AvgIpc) is 2.87. The van der Waals surface area contributed by atoms with Crippen molar-refractivity contribution in [3.8, 4) is 0 Å². The molecule has 0 bridgehead atoms. The summed E-state index contributed by atoms with van der Waals surface area (Å²) in [4.78, 5) is 11.4. The van der Waals surface area contributed by atoms with Crippen molar-refractivity contribution in [3.63, 3.8) is 0 Å². The van der Waals surface area contributed by atoms with Crippen molar-refractivity contribution in [2.24, 2.45) is 5.92 Å². The van der Waals surface area contributed by atoms with Gasteiger partial charge in [-0.15, -0.1) is 5.10 Å². The fraction of sp³-hybridized carbons (Fsp3) is 0.545. The SMILES string of the molecule is CC1CCC(Nc2ccc3n[nH]c(=O)n3n2)C1. The normalized spacial score (nSPS) is 24.3. The molecule has 2 aromatic heterocycles. The standard InChI is InChI=1S/C11H15N5O/c1-7-2-3-8(6-7)12-9-4-5-10-13-14-11(17)16(10)15-9/h4-5,7-8H,2-3,6H2,1H3,(H,12,15)(H,14,17). The third kappa shape index (κ3) is 1.90. The second kappa shape index (κ2) is 3.87. The monoisotopic (exact) mass is 233 g/mol. The number of H-pyrrole nitrogens is 1. The molecule has 2 aromatic rings. The van der Waals surface area contributed by atoms with E-state index in [0.29, 0.717) is 11.7 Å². The molecule has 1 aliphatic rings. The Hall–Kier alpha value is -1.85. The highest BCUT2D eigenvalue weighted by molar-refractivity contribution is 5.43. The summed E-state index contributed by atoms with van der Waals surface area (Å²) in [6.45, 7) is 2.26. The number of fused-ring (bicyclic) bond motifs is 1. The van der Waals surface area contributed by atoms with Crippen molar-refractivity contribution >= 4 is 11.5 Å². The van der Waals surface area contributed by atoms with Crippen LogP contribution in [0.5, 0.6) is 0 Å². The highest BCUT2D eigenvalue weighted by atomic mass is 16.2. The van der Waals surface area contributed by atoms with Crippen LogP contribution in [0.25, 0.3) is 5.65 Å². The lowest BCUT2D eigenvalue weighted by molar-refractivity contribution is 0.602. The first kappa shape index (κ1) is 10.3. The van der Waals surface area contributed by atoms with E-state index < -0.39 is 0 Å². The largest absolute Gasteiger partial charge is 0.366 e. The van der Waals surface area contributed by atoms with Crippen LogP contribution in [0, 0.1) is 5.92 Å². The van der Waals surface area contributed by atoms with Gasteiger partial charge < -0.3 is 5.32 Å². The van der Waals surface area contributed by atoms with E-state index in [1.165, 1.54) is 23.8 Å². The molecular weight excluding hydrogens is 218 g/mol. The van der Waals surface area contributed by atoms with Gasteiger partial charge >= 0.3 is 5.69 Å². The van der Waals surface area contributed by atoms with Crippen molar-refractivity contribution in [2.75, 3.05) is 5.32 Å². The summed E-state index contributed by atoms with van der Waals surface area (Å²) < 4.78 is 1.28. The molecule has 2 atom stereocenters. The number of nitrogens with zero attached hydrogens (tertiary/aromatic N) is 3. The molecule has 2 N–H and O–H groups in total. The van der Waals surface area contributed by atoms with Crippen LogP contribution in [0.3, 0.4) is 0 Å². The van der Waals surface area contributed by atoms with Crippen molar-refractivity contribution < 1.29 is 0 Å². The third-order valence-corrected chi connectivity index (χ3v) is 3.32. The number of anilines is 1. The molecule has 0 radical (unpaired) electrons. The van der Waals surface area contributed by atoms with Crippen molar-refractivity contribution in [2.45, 2.75) is 32.2 Å². The molecule has 1 fully saturated rings. The van der Waals surface area contributed by atoms with Gasteiger partial charge in [0.05, 0.1) is 0 Å². The van der Waals surface area contributed by atoms with Crippen LogP contribution in [0.1, 0.15) is 26.2 Å². The smallest absolute Gasteiger partial charge is 0.364 e. The van der Waals surface area contributed by atoms with E-state index in [1.807, 2.05) is 6.07 Å². The van der Waals surface area contributed by atoms with Crippen LogP contribution in [0.15, 0.2) is 16.9 Å². The number of hydrogen-bond donors (Lipinski definition) is 2. The highest BCUT2D eigenvalue weighted by Gasteiger charge is 2.21. The first-order valence-electron chi connectivity index (χ1n) is 5.93. The average molecular weight is 233 g/mol. The molecule has 90 valence electrons. The number of aromatic amines is 1. The maximum absolute atomic E-state index is 11.4. The Kier molecular flexibility index (Phi) is 2.35. The number of aromatic nitrogens is 4. The number of rotatable bonds is 2. The Morgan fingerprint density at radius 3 is 3.12 bits per heavy atom. The molecule has 6 heteroatoms. The number of nitrogens with one attached hydrogen (secondary N) is 2. The molecule has 2 heterocycles. The predicted octanol–water partition coefficient (Wildman–Crippen LogP) is 1.02. The second-order valence-electron chi connectivity index (χ2n) is 4.78. The molecule has 17 heavy (non-hydrogen) atoms. The zero-order chi connectivity index (χ0) is 11.8. The molecule has 2 unspecified atom stereocenters. The summed E-state index contributed by atoms with van der Waals surface area (Å²) >= 11 is 0. The van der Waals surface area contributed by atoms with Crippen LogP contribution < -0.4 is 11.0 Å². The van der Waals surface area contributed by atoms with E-state index >= 15 is 0 Å². The van der Waals surface area contributed by atoms with Gasteiger partial charge in [0.25, 0.3) is 0 Å². The van der Waals surface area contributed by atoms with Gasteiger partial charge in [0.2, 0.25) is 0 Å². The molecule has 0 aromatic carbocycles. The Labute approximate surface area is 98.0 Å². The fourth-order valence-corrected chi connectivity index (χ4v) is 2.43. The summed E-state index contributed by atoms with van der Waals surface area (Å²) in [6.07, 6.45) is 3.59. The van der Waals surface area contributed by atoms with E-state index in [0.717, 1.165) is 11.7 Å². The minimum atomic E-state index is -0.302. The van der Waals surface area contributed by atoms with Crippen molar-refractivity contribution in [1.29, 1.82) is 0 Å². The Morgan fingerprint density at radius 2 is 2.35 bits per heavy atom. The molecule has 1 aliphatic carbocycles. The van der Waals surface area contributed by atoms with Gasteiger partial charge in [-0.25, -0.2) is 9.89 Å². The minimum Gasteiger partial charge on any atom is -0.366 e.